The minimum atomic E-state index is -0.283. The summed E-state index contributed by atoms with van der Waals surface area (Å²) in [7, 11) is 0. The number of para-hydroxylation sites is 1. The van der Waals surface area contributed by atoms with Crippen LogP contribution in [-0.2, 0) is 9.59 Å². The van der Waals surface area contributed by atoms with Crippen molar-refractivity contribution in [1.29, 1.82) is 0 Å². The number of nitrogens with zero attached hydrogens (tertiary/aromatic N) is 3. The molecule has 3 rings (SSSR count). The molecular weight excluding hydrogens is 366 g/mol. The number of nitrogens with one attached hydrogen (secondary N) is 2. The zero-order valence-electron chi connectivity index (χ0n) is 17.3. The van der Waals surface area contributed by atoms with E-state index in [2.05, 4.69) is 25.4 Å². The standard InChI is InChI=1S/C22H29N5O2/c1-16-7-6-8-17(2)21(16)25-20(28)15-24-22(29)18(3)26-11-13-27(14-12-26)19-9-4-5-10-23-19/h4-10,18H,11-15H2,1-3H3,(H,24,29)(H,25,28)/t18-/m1/s1. The third-order valence-corrected chi connectivity index (χ3v) is 5.38. The number of anilines is 2. The molecule has 1 fully saturated rings. The number of aromatic nitrogens is 1. The van der Waals surface area contributed by atoms with Gasteiger partial charge in [0.05, 0.1) is 12.6 Å². The number of benzene rings is 1. The molecule has 0 spiro atoms. The van der Waals surface area contributed by atoms with Gasteiger partial charge in [0, 0.05) is 38.1 Å². The summed E-state index contributed by atoms with van der Waals surface area (Å²) in [5.74, 6) is 0.614. The van der Waals surface area contributed by atoms with Gasteiger partial charge >= 0.3 is 0 Å². The summed E-state index contributed by atoms with van der Waals surface area (Å²) in [6.07, 6.45) is 1.79. The van der Waals surface area contributed by atoms with Crippen molar-refractivity contribution in [3.8, 4) is 0 Å². The lowest BCUT2D eigenvalue weighted by Crippen LogP contribution is -2.54. The highest BCUT2D eigenvalue weighted by Crippen LogP contribution is 2.19. The number of hydrogen-bond donors (Lipinski definition) is 2. The lowest BCUT2D eigenvalue weighted by atomic mass is 10.1. The zero-order chi connectivity index (χ0) is 20.8. The molecular formula is C22H29N5O2. The molecule has 1 aromatic carbocycles. The smallest absolute Gasteiger partial charge is 0.243 e. The Morgan fingerprint density at radius 3 is 2.34 bits per heavy atom. The highest BCUT2D eigenvalue weighted by atomic mass is 16.2. The van der Waals surface area contributed by atoms with Crippen LogP contribution in [0.3, 0.4) is 0 Å². The second kappa shape index (κ2) is 9.52. The van der Waals surface area contributed by atoms with Crippen LogP contribution in [0, 0.1) is 13.8 Å². The molecule has 2 aromatic rings. The molecule has 2 amide bonds. The Morgan fingerprint density at radius 1 is 1.03 bits per heavy atom. The first-order chi connectivity index (χ1) is 14.0. The number of aryl methyl sites for hydroxylation is 2. The van der Waals surface area contributed by atoms with Crippen molar-refractivity contribution in [3.05, 3.63) is 53.7 Å². The van der Waals surface area contributed by atoms with E-state index in [0.29, 0.717) is 0 Å². The van der Waals surface area contributed by atoms with Crippen molar-refractivity contribution in [2.45, 2.75) is 26.8 Å². The van der Waals surface area contributed by atoms with Crippen LogP contribution in [0.1, 0.15) is 18.1 Å². The minimum absolute atomic E-state index is 0.0369. The Morgan fingerprint density at radius 2 is 1.72 bits per heavy atom. The molecule has 1 aliphatic heterocycles. The lowest BCUT2D eigenvalue weighted by molar-refractivity contribution is -0.128. The molecule has 0 aliphatic carbocycles. The van der Waals surface area contributed by atoms with Gasteiger partial charge in [-0.1, -0.05) is 24.3 Å². The molecule has 2 heterocycles. The predicted octanol–water partition coefficient (Wildman–Crippen LogP) is 1.96. The quantitative estimate of drug-likeness (QED) is 0.782. The summed E-state index contributed by atoms with van der Waals surface area (Å²) in [5.41, 5.74) is 2.82. The summed E-state index contributed by atoms with van der Waals surface area (Å²) >= 11 is 0. The van der Waals surface area contributed by atoms with Gasteiger partial charge < -0.3 is 15.5 Å². The molecule has 0 saturated carbocycles. The van der Waals surface area contributed by atoms with E-state index >= 15 is 0 Å². The van der Waals surface area contributed by atoms with Gasteiger partial charge in [0.2, 0.25) is 11.8 Å². The average Bonchev–Trinajstić information content (AvgIpc) is 2.75. The maximum Gasteiger partial charge on any atom is 0.243 e. The Kier molecular flexibility index (Phi) is 6.82. The molecule has 0 bridgehead atoms. The average molecular weight is 396 g/mol. The molecule has 0 radical (unpaired) electrons. The molecule has 2 N–H and O–H groups in total. The van der Waals surface area contributed by atoms with Crippen LogP contribution in [0.2, 0.25) is 0 Å². The van der Waals surface area contributed by atoms with E-state index in [-0.39, 0.29) is 24.4 Å². The molecule has 7 nitrogen and oxygen atoms in total. The van der Waals surface area contributed by atoms with Crippen LogP contribution in [0.5, 0.6) is 0 Å². The molecule has 29 heavy (non-hydrogen) atoms. The Balaban J connectivity index is 1.45. The summed E-state index contributed by atoms with van der Waals surface area (Å²) in [5, 5.41) is 5.66. The molecule has 1 aliphatic rings. The summed E-state index contributed by atoms with van der Waals surface area (Å²) < 4.78 is 0. The zero-order valence-corrected chi connectivity index (χ0v) is 17.3. The maximum absolute atomic E-state index is 12.5. The summed E-state index contributed by atoms with van der Waals surface area (Å²) in [4.78, 5) is 33.5. The van der Waals surface area contributed by atoms with Crippen molar-refractivity contribution in [2.75, 3.05) is 42.9 Å². The Hall–Kier alpha value is -2.93. The van der Waals surface area contributed by atoms with Gasteiger partial charge in [-0.25, -0.2) is 4.98 Å². The highest BCUT2D eigenvalue weighted by Gasteiger charge is 2.26. The van der Waals surface area contributed by atoms with E-state index in [0.717, 1.165) is 48.8 Å². The van der Waals surface area contributed by atoms with E-state index in [9.17, 15) is 9.59 Å². The molecule has 1 atom stereocenters. The normalized spacial score (nSPS) is 15.6. The van der Waals surface area contributed by atoms with E-state index in [1.54, 1.807) is 6.20 Å². The van der Waals surface area contributed by atoms with Crippen LogP contribution in [-0.4, -0.2) is 60.5 Å². The number of hydrogen-bond acceptors (Lipinski definition) is 5. The monoisotopic (exact) mass is 395 g/mol. The maximum atomic E-state index is 12.5. The molecule has 154 valence electrons. The first-order valence-corrected chi connectivity index (χ1v) is 9.99. The number of carbonyl (C=O) groups excluding carboxylic acids is 2. The number of piperazine rings is 1. The number of rotatable bonds is 6. The van der Waals surface area contributed by atoms with Gasteiger partial charge in [-0.05, 0) is 44.0 Å². The lowest BCUT2D eigenvalue weighted by Gasteiger charge is -2.37. The molecule has 7 heteroatoms. The van der Waals surface area contributed by atoms with Gasteiger partial charge in [0.25, 0.3) is 0 Å². The first kappa shape index (κ1) is 20.8. The van der Waals surface area contributed by atoms with Crippen LogP contribution >= 0.6 is 0 Å². The van der Waals surface area contributed by atoms with Crippen molar-refractivity contribution in [1.82, 2.24) is 15.2 Å². The van der Waals surface area contributed by atoms with E-state index < -0.39 is 0 Å². The fourth-order valence-corrected chi connectivity index (χ4v) is 3.56. The van der Waals surface area contributed by atoms with Crippen molar-refractivity contribution in [2.24, 2.45) is 0 Å². The Bertz CT molecular complexity index is 827. The van der Waals surface area contributed by atoms with Crippen molar-refractivity contribution >= 4 is 23.3 Å². The van der Waals surface area contributed by atoms with Crippen LogP contribution < -0.4 is 15.5 Å². The summed E-state index contributed by atoms with van der Waals surface area (Å²) in [6, 6.07) is 11.5. The first-order valence-electron chi connectivity index (χ1n) is 9.99. The van der Waals surface area contributed by atoms with Crippen LogP contribution in [0.15, 0.2) is 42.6 Å². The van der Waals surface area contributed by atoms with Crippen LogP contribution in [0.4, 0.5) is 11.5 Å². The predicted molar refractivity (Wildman–Crippen MR) is 115 cm³/mol. The van der Waals surface area contributed by atoms with Crippen LogP contribution in [0.25, 0.3) is 0 Å². The van der Waals surface area contributed by atoms with E-state index in [4.69, 9.17) is 0 Å². The van der Waals surface area contributed by atoms with Gasteiger partial charge in [-0.3, -0.25) is 14.5 Å². The van der Waals surface area contributed by atoms with Gasteiger partial charge in [-0.2, -0.15) is 0 Å². The van der Waals surface area contributed by atoms with Gasteiger partial charge in [0.15, 0.2) is 0 Å². The van der Waals surface area contributed by atoms with Crippen molar-refractivity contribution in [3.63, 3.8) is 0 Å². The number of carbonyl (C=O) groups is 2. The highest BCUT2D eigenvalue weighted by molar-refractivity contribution is 5.96. The Labute approximate surface area is 172 Å². The third kappa shape index (κ3) is 5.32. The second-order valence-corrected chi connectivity index (χ2v) is 7.42. The number of pyridine rings is 1. The fourth-order valence-electron chi connectivity index (χ4n) is 3.56. The van der Waals surface area contributed by atoms with E-state index in [1.807, 2.05) is 57.2 Å². The molecule has 1 saturated heterocycles. The van der Waals surface area contributed by atoms with E-state index in [1.165, 1.54) is 0 Å². The largest absolute Gasteiger partial charge is 0.354 e. The third-order valence-electron chi connectivity index (χ3n) is 5.38. The summed E-state index contributed by atoms with van der Waals surface area (Å²) in [6.45, 7) is 8.95. The second-order valence-electron chi connectivity index (χ2n) is 7.42. The van der Waals surface area contributed by atoms with Gasteiger partial charge in [-0.15, -0.1) is 0 Å². The SMILES string of the molecule is Cc1cccc(C)c1NC(=O)CNC(=O)[C@@H](C)N1CCN(c2ccccn2)CC1. The fraction of sp³-hybridized carbons (Fsp3) is 0.409. The van der Waals surface area contributed by atoms with Gasteiger partial charge in [0.1, 0.15) is 5.82 Å². The molecule has 1 aromatic heterocycles. The number of amides is 2. The molecule has 0 unspecified atom stereocenters. The minimum Gasteiger partial charge on any atom is -0.354 e. The van der Waals surface area contributed by atoms with Crippen molar-refractivity contribution < 1.29 is 9.59 Å². The topological polar surface area (TPSA) is 77.6 Å².